The average molecular weight is 656 g/mol. The number of benzene rings is 1. The van der Waals surface area contributed by atoms with Crippen LogP contribution in [0.2, 0.25) is 0 Å². The molecule has 10 nitrogen and oxygen atoms in total. The highest BCUT2D eigenvalue weighted by atomic mass is 16.3. The molecule has 3 aliphatic rings. The molecule has 3 fully saturated rings. The van der Waals surface area contributed by atoms with Crippen LogP contribution in [0.15, 0.2) is 67.1 Å². The molecule has 10 heteroatoms. The number of Topliss-reactive ketones (excluding diaryl/α,β-unsaturated/α-hetero) is 1. The highest BCUT2D eigenvalue weighted by Gasteiger charge is 2.25. The normalized spacial score (nSPS) is 19.0. The molecule has 1 saturated heterocycles. The molecule has 49 heavy (non-hydrogen) atoms. The van der Waals surface area contributed by atoms with Gasteiger partial charge in [0.1, 0.15) is 11.5 Å². The molecule has 0 unspecified atom stereocenters. The van der Waals surface area contributed by atoms with Crippen molar-refractivity contribution in [2.75, 3.05) is 23.7 Å². The van der Waals surface area contributed by atoms with Gasteiger partial charge in [-0.05, 0) is 118 Å². The molecule has 2 saturated carbocycles. The number of aliphatic hydroxyl groups is 1. The summed E-state index contributed by atoms with van der Waals surface area (Å²) in [5.74, 6) is 8.01. The lowest BCUT2D eigenvalue weighted by Gasteiger charge is -2.27. The maximum Gasteiger partial charge on any atom is 0.255 e. The first-order valence-electron chi connectivity index (χ1n) is 17.4. The van der Waals surface area contributed by atoms with Crippen molar-refractivity contribution in [3.63, 3.8) is 0 Å². The summed E-state index contributed by atoms with van der Waals surface area (Å²) in [5, 5.41) is 16.9. The predicted molar refractivity (Wildman–Crippen MR) is 189 cm³/mol. The summed E-state index contributed by atoms with van der Waals surface area (Å²) in [6.45, 7) is 1.58. The molecule has 1 aliphatic heterocycles. The Hall–Kier alpha value is -5.14. The zero-order valence-corrected chi connectivity index (χ0v) is 27.6. The third-order valence-corrected chi connectivity index (χ3v) is 9.48. The zero-order chi connectivity index (χ0) is 33.6. The highest BCUT2D eigenvalue weighted by Crippen LogP contribution is 2.33. The molecule has 3 N–H and O–H groups in total. The summed E-state index contributed by atoms with van der Waals surface area (Å²) in [7, 11) is 0. The molecule has 7 rings (SSSR count). The van der Waals surface area contributed by atoms with Gasteiger partial charge in [0.25, 0.3) is 5.91 Å². The average Bonchev–Trinajstić information content (AvgIpc) is 3.97. The van der Waals surface area contributed by atoms with Crippen LogP contribution in [-0.2, 0) is 0 Å². The summed E-state index contributed by atoms with van der Waals surface area (Å²) in [6.07, 6.45) is 14.1. The van der Waals surface area contributed by atoms with E-state index >= 15 is 0 Å². The second kappa shape index (κ2) is 15.0. The second-order valence-electron chi connectivity index (χ2n) is 13.3. The van der Waals surface area contributed by atoms with Crippen molar-refractivity contribution in [1.29, 1.82) is 0 Å². The number of hydrogen-bond donors (Lipinski definition) is 3. The molecule has 250 valence electrons. The lowest BCUT2D eigenvalue weighted by Crippen LogP contribution is -2.35. The van der Waals surface area contributed by atoms with Crippen molar-refractivity contribution < 1.29 is 14.7 Å². The molecule has 1 aromatic carbocycles. The van der Waals surface area contributed by atoms with E-state index in [1.54, 1.807) is 30.7 Å². The van der Waals surface area contributed by atoms with Crippen molar-refractivity contribution in [2.24, 2.45) is 5.92 Å². The fourth-order valence-corrected chi connectivity index (χ4v) is 6.39. The Morgan fingerprint density at radius 2 is 1.63 bits per heavy atom. The number of likely N-dealkylation sites (tertiary alicyclic amines) is 1. The smallest absolute Gasteiger partial charge is 0.255 e. The molecule has 3 aromatic heterocycles. The number of amides is 1. The highest BCUT2D eigenvalue weighted by molar-refractivity contribution is 5.96. The van der Waals surface area contributed by atoms with E-state index in [1.165, 1.54) is 6.42 Å². The van der Waals surface area contributed by atoms with Gasteiger partial charge in [0.2, 0.25) is 5.95 Å². The van der Waals surface area contributed by atoms with E-state index < -0.39 is 0 Å². The van der Waals surface area contributed by atoms with Gasteiger partial charge in [0.15, 0.2) is 5.78 Å². The van der Waals surface area contributed by atoms with E-state index in [0.717, 1.165) is 81.3 Å². The van der Waals surface area contributed by atoms with Crippen LogP contribution in [0.25, 0.3) is 11.3 Å². The van der Waals surface area contributed by atoms with Crippen molar-refractivity contribution in [3.8, 4) is 23.1 Å². The Morgan fingerprint density at radius 1 is 0.837 bits per heavy atom. The van der Waals surface area contributed by atoms with Gasteiger partial charge in [-0.15, -0.1) is 0 Å². The zero-order valence-electron chi connectivity index (χ0n) is 27.6. The molecule has 2 aliphatic carbocycles. The number of carbonyl (C=O) groups is 2. The van der Waals surface area contributed by atoms with E-state index in [2.05, 4.69) is 37.4 Å². The van der Waals surface area contributed by atoms with Crippen molar-refractivity contribution in [3.05, 3.63) is 89.5 Å². The molecule has 0 radical (unpaired) electrons. The van der Waals surface area contributed by atoms with Crippen molar-refractivity contribution in [1.82, 2.24) is 24.8 Å². The summed E-state index contributed by atoms with van der Waals surface area (Å²) in [5.41, 5.74) is 4.85. The fourth-order valence-electron chi connectivity index (χ4n) is 6.39. The Morgan fingerprint density at radius 3 is 2.37 bits per heavy atom. The first-order valence-corrected chi connectivity index (χ1v) is 17.4. The Balaban J connectivity index is 1.06. The van der Waals surface area contributed by atoms with Gasteiger partial charge in [-0.1, -0.05) is 5.92 Å². The SMILES string of the molecule is O=C(CC1CC1)c1ccnc(C#Cc2ccc(Nc3ncc(-c4ccc(C(=O)N5CCCCC5)cn4)c(NC4CCC(O)CC4)n3)cc2)c1. The minimum Gasteiger partial charge on any atom is -0.393 e. The van der Waals surface area contributed by atoms with E-state index in [1.807, 2.05) is 41.3 Å². The number of anilines is 3. The van der Waals surface area contributed by atoms with Crippen LogP contribution in [0.4, 0.5) is 17.5 Å². The topological polar surface area (TPSA) is 133 Å². The van der Waals surface area contributed by atoms with Gasteiger partial charge in [-0.3, -0.25) is 14.6 Å². The Kier molecular flexibility index (Phi) is 9.89. The largest absolute Gasteiger partial charge is 0.393 e. The number of ketones is 1. The van der Waals surface area contributed by atoms with Crippen LogP contribution in [-0.4, -0.2) is 66.9 Å². The minimum absolute atomic E-state index is 0.0205. The summed E-state index contributed by atoms with van der Waals surface area (Å²) in [6, 6.07) is 15.0. The molecule has 1 amide bonds. The predicted octanol–water partition coefficient (Wildman–Crippen LogP) is 6.40. The number of nitrogens with one attached hydrogen (secondary N) is 2. The first-order chi connectivity index (χ1) is 24.0. The van der Waals surface area contributed by atoms with Crippen molar-refractivity contribution in [2.45, 2.75) is 76.4 Å². The van der Waals surface area contributed by atoms with Gasteiger partial charge < -0.3 is 20.6 Å². The van der Waals surface area contributed by atoms with Crippen molar-refractivity contribution >= 4 is 29.1 Å². The summed E-state index contributed by atoms with van der Waals surface area (Å²) >= 11 is 0. The number of piperidine rings is 1. The molecule has 4 aromatic rings. The third-order valence-electron chi connectivity index (χ3n) is 9.48. The number of rotatable bonds is 9. The fraction of sp³-hybridized carbons (Fsp3) is 0.385. The van der Waals surface area contributed by atoms with Gasteiger partial charge in [0.05, 0.1) is 22.9 Å². The Labute approximate surface area is 286 Å². The Bertz CT molecular complexity index is 1850. The van der Waals surface area contributed by atoms with Crippen LogP contribution in [0, 0.1) is 17.8 Å². The maximum atomic E-state index is 13.0. The number of carbonyl (C=O) groups excluding carboxylic acids is 2. The number of nitrogens with zero attached hydrogens (tertiary/aromatic N) is 5. The van der Waals surface area contributed by atoms with Crippen LogP contribution in [0.5, 0.6) is 0 Å². The summed E-state index contributed by atoms with van der Waals surface area (Å²) in [4.78, 5) is 45.9. The number of hydrogen-bond acceptors (Lipinski definition) is 9. The standard InChI is InChI=1S/C39H41N7O3/c47-33-15-13-30(14-16-33)43-37-34(35-17-9-29(24-41-35)38(49)46-20-2-1-3-21-46)25-42-39(45-37)44-31-10-6-26(7-11-31)8-12-32-23-28(18-19-40-32)36(48)22-27-4-5-27/h6-7,9-11,17-19,23-25,27,30,33,47H,1-5,13-16,20-22H2,(H2,42,43,44,45). The summed E-state index contributed by atoms with van der Waals surface area (Å²) < 4.78 is 0. The van der Waals surface area contributed by atoms with E-state index in [0.29, 0.717) is 46.6 Å². The molecule has 0 bridgehead atoms. The number of pyridine rings is 2. The van der Waals surface area contributed by atoms with E-state index in [4.69, 9.17) is 4.98 Å². The quantitative estimate of drug-likeness (QED) is 0.138. The second-order valence-corrected chi connectivity index (χ2v) is 13.3. The van der Waals surface area contributed by atoms with Crippen LogP contribution in [0.3, 0.4) is 0 Å². The first kappa shape index (κ1) is 32.4. The molecule has 0 spiro atoms. The lowest BCUT2D eigenvalue weighted by molar-refractivity contribution is 0.0723. The molecule has 0 atom stereocenters. The van der Waals surface area contributed by atoms with Gasteiger partial charge in [-0.25, -0.2) is 9.97 Å². The number of aromatic nitrogens is 4. The monoisotopic (exact) mass is 655 g/mol. The minimum atomic E-state index is -0.262. The van der Waals surface area contributed by atoms with E-state index in [-0.39, 0.29) is 23.8 Å². The van der Waals surface area contributed by atoms with Gasteiger partial charge in [0, 0.05) is 61.0 Å². The lowest BCUT2D eigenvalue weighted by atomic mass is 9.93. The molecular weight excluding hydrogens is 614 g/mol. The maximum absolute atomic E-state index is 13.0. The molecule has 4 heterocycles. The van der Waals surface area contributed by atoms with E-state index in [9.17, 15) is 14.7 Å². The van der Waals surface area contributed by atoms with Crippen LogP contribution in [0.1, 0.15) is 96.2 Å². The van der Waals surface area contributed by atoms with Crippen LogP contribution >= 0.6 is 0 Å². The van der Waals surface area contributed by atoms with Gasteiger partial charge in [-0.2, -0.15) is 4.98 Å². The van der Waals surface area contributed by atoms with Crippen LogP contribution < -0.4 is 10.6 Å². The molecular formula is C39H41N7O3. The number of aliphatic hydroxyl groups excluding tert-OH is 1. The van der Waals surface area contributed by atoms with Gasteiger partial charge >= 0.3 is 0 Å². The third kappa shape index (κ3) is 8.48.